The molecule has 0 amide bonds. The van der Waals surface area contributed by atoms with E-state index >= 15 is 0 Å². The van der Waals surface area contributed by atoms with Gasteiger partial charge in [0.15, 0.2) is 5.78 Å². The SMILES string of the molecule is COc1ccc(C(=O)/C=C\Cl)cc1. The number of benzene rings is 1. The Hall–Kier alpha value is -1.28. The van der Waals surface area contributed by atoms with Crippen molar-refractivity contribution in [3.8, 4) is 5.75 Å². The normalized spacial score (nSPS) is 10.3. The van der Waals surface area contributed by atoms with E-state index in [0.717, 1.165) is 5.75 Å². The van der Waals surface area contributed by atoms with E-state index < -0.39 is 0 Å². The van der Waals surface area contributed by atoms with Crippen molar-refractivity contribution in [2.45, 2.75) is 0 Å². The Bertz CT molecular complexity index is 314. The highest BCUT2D eigenvalue weighted by Gasteiger charge is 2.00. The third-order valence-corrected chi connectivity index (χ3v) is 1.71. The fourth-order valence-corrected chi connectivity index (χ4v) is 1.02. The number of carbonyl (C=O) groups excluding carboxylic acids is 1. The van der Waals surface area contributed by atoms with Crippen LogP contribution in [0.4, 0.5) is 0 Å². The second-order valence-corrected chi connectivity index (χ2v) is 2.64. The zero-order chi connectivity index (χ0) is 9.68. The second kappa shape index (κ2) is 4.67. The fraction of sp³-hybridized carbons (Fsp3) is 0.100. The van der Waals surface area contributed by atoms with Crippen molar-refractivity contribution in [1.29, 1.82) is 0 Å². The van der Waals surface area contributed by atoms with Crippen LogP contribution in [0.3, 0.4) is 0 Å². The van der Waals surface area contributed by atoms with E-state index in [0.29, 0.717) is 5.56 Å². The first kappa shape index (κ1) is 9.81. The van der Waals surface area contributed by atoms with Gasteiger partial charge in [-0.25, -0.2) is 0 Å². The number of carbonyl (C=O) groups is 1. The molecule has 0 aliphatic heterocycles. The van der Waals surface area contributed by atoms with E-state index in [-0.39, 0.29) is 5.78 Å². The van der Waals surface area contributed by atoms with Gasteiger partial charge in [-0.1, -0.05) is 11.6 Å². The molecule has 0 atom stereocenters. The molecule has 0 unspecified atom stereocenters. The number of hydrogen-bond acceptors (Lipinski definition) is 2. The van der Waals surface area contributed by atoms with Crippen LogP contribution in [0, 0.1) is 0 Å². The largest absolute Gasteiger partial charge is 0.497 e. The molecule has 13 heavy (non-hydrogen) atoms. The molecular weight excluding hydrogens is 188 g/mol. The standard InChI is InChI=1S/C10H9ClO2/c1-13-9-4-2-8(3-5-9)10(12)6-7-11/h2-7H,1H3/b7-6-. The molecule has 0 aromatic heterocycles. The zero-order valence-corrected chi connectivity index (χ0v) is 7.91. The van der Waals surface area contributed by atoms with Gasteiger partial charge in [0.1, 0.15) is 5.75 Å². The molecule has 0 fully saturated rings. The Morgan fingerprint density at radius 3 is 2.46 bits per heavy atom. The van der Waals surface area contributed by atoms with Crippen LogP contribution in [0.15, 0.2) is 35.9 Å². The third kappa shape index (κ3) is 2.60. The van der Waals surface area contributed by atoms with Gasteiger partial charge in [-0.3, -0.25) is 4.79 Å². The molecule has 68 valence electrons. The molecule has 2 nitrogen and oxygen atoms in total. The van der Waals surface area contributed by atoms with Crippen LogP contribution in [-0.2, 0) is 0 Å². The van der Waals surface area contributed by atoms with E-state index in [2.05, 4.69) is 0 Å². The molecule has 0 heterocycles. The predicted molar refractivity (Wildman–Crippen MR) is 52.3 cm³/mol. The summed E-state index contributed by atoms with van der Waals surface area (Å²) >= 11 is 5.28. The minimum absolute atomic E-state index is 0.113. The van der Waals surface area contributed by atoms with Gasteiger partial charge in [-0.05, 0) is 30.3 Å². The summed E-state index contributed by atoms with van der Waals surface area (Å²) in [5.74, 6) is 0.615. The van der Waals surface area contributed by atoms with Gasteiger partial charge in [0, 0.05) is 11.1 Å². The van der Waals surface area contributed by atoms with Gasteiger partial charge < -0.3 is 4.74 Å². The molecule has 1 aromatic rings. The van der Waals surface area contributed by atoms with Crippen LogP contribution in [0.5, 0.6) is 5.75 Å². The Balaban J connectivity index is 2.85. The molecular formula is C10H9ClO2. The topological polar surface area (TPSA) is 26.3 Å². The molecule has 0 saturated carbocycles. The highest BCUT2D eigenvalue weighted by Crippen LogP contribution is 2.11. The summed E-state index contributed by atoms with van der Waals surface area (Å²) < 4.78 is 4.95. The predicted octanol–water partition coefficient (Wildman–Crippen LogP) is 2.63. The summed E-state index contributed by atoms with van der Waals surface area (Å²) in [6, 6.07) is 6.85. The van der Waals surface area contributed by atoms with Crippen molar-refractivity contribution >= 4 is 17.4 Å². The molecule has 0 N–H and O–H groups in total. The minimum atomic E-state index is -0.113. The first-order valence-electron chi connectivity index (χ1n) is 3.73. The lowest BCUT2D eigenvalue weighted by atomic mass is 10.1. The maximum absolute atomic E-state index is 11.2. The van der Waals surface area contributed by atoms with Crippen LogP contribution in [0.1, 0.15) is 10.4 Å². The van der Waals surface area contributed by atoms with E-state index in [1.807, 2.05) is 0 Å². The molecule has 0 aliphatic rings. The minimum Gasteiger partial charge on any atom is -0.497 e. The Morgan fingerprint density at radius 2 is 2.00 bits per heavy atom. The lowest BCUT2D eigenvalue weighted by Crippen LogP contribution is -1.93. The van der Waals surface area contributed by atoms with Crippen molar-refractivity contribution in [2.75, 3.05) is 7.11 Å². The maximum Gasteiger partial charge on any atom is 0.186 e. The second-order valence-electron chi connectivity index (χ2n) is 2.39. The lowest BCUT2D eigenvalue weighted by molar-refractivity contribution is 0.104. The van der Waals surface area contributed by atoms with E-state index in [1.54, 1.807) is 31.4 Å². The zero-order valence-electron chi connectivity index (χ0n) is 7.16. The van der Waals surface area contributed by atoms with Crippen LogP contribution in [-0.4, -0.2) is 12.9 Å². The molecule has 0 aliphatic carbocycles. The molecule has 0 radical (unpaired) electrons. The molecule has 3 heteroatoms. The molecule has 0 bridgehead atoms. The molecule has 0 saturated heterocycles. The van der Waals surface area contributed by atoms with Crippen molar-refractivity contribution in [1.82, 2.24) is 0 Å². The summed E-state index contributed by atoms with van der Waals surface area (Å²) in [7, 11) is 1.58. The van der Waals surface area contributed by atoms with Gasteiger partial charge in [-0.15, -0.1) is 0 Å². The van der Waals surface area contributed by atoms with Crippen LogP contribution >= 0.6 is 11.6 Å². The number of methoxy groups -OCH3 is 1. The summed E-state index contributed by atoms with van der Waals surface area (Å²) in [6.07, 6.45) is 1.31. The van der Waals surface area contributed by atoms with E-state index in [4.69, 9.17) is 16.3 Å². The summed E-state index contributed by atoms with van der Waals surface area (Å²) in [5, 5.41) is 0. The van der Waals surface area contributed by atoms with Crippen molar-refractivity contribution in [3.63, 3.8) is 0 Å². The average molecular weight is 197 g/mol. The number of hydrogen-bond donors (Lipinski definition) is 0. The summed E-state index contributed by atoms with van der Waals surface area (Å²) in [6.45, 7) is 0. The quantitative estimate of drug-likeness (QED) is 0.549. The van der Waals surface area contributed by atoms with E-state index in [1.165, 1.54) is 11.6 Å². The van der Waals surface area contributed by atoms with E-state index in [9.17, 15) is 4.79 Å². The first-order valence-corrected chi connectivity index (χ1v) is 4.16. The molecule has 0 spiro atoms. The number of rotatable bonds is 3. The monoisotopic (exact) mass is 196 g/mol. The first-order chi connectivity index (χ1) is 6.27. The molecule has 1 aromatic carbocycles. The number of halogens is 1. The summed E-state index contributed by atoms with van der Waals surface area (Å²) in [5.41, 5.74) is 1.80. The highest BCUT2D eigenvalue weighted by molar-refractivity contribution is 6.27. The van der Waals surface area contributed by atoms with Crippen LogP contribution in [0.25, 0.3) is 0 Å². The number of ether oxygens (including phenoxy) is 1. The highest BCUT2D eigenvalue weighted by atomic mass is 35.5. The van der Waals surface area contributed by atoms with Gasteiger partial charge in [0.2, 0.25) is 0 Å². The number of ketones is 1. The number of allylic oxidation sites excluding steroid dienone is 1. The lowest BCUT2D eigenvalue weighted by Gasteiger charge is -1.99. The van der Waals surface area contributed by atoms with Gasteiger partial charge in [0.25, 0.3) is 0 Å². The van der Waals surface area contributed by atoms with Crippen molar-refractivity contribution in [3.05, 3.63) is 41.4 Å². The summed E-state index contributed by atoms with van der Waals surface area (Å²) in [4.78, 5) is 11.2. The maximum atomic E-state index is 11.2. The smallest absolute Gasteiger partial charge is 0.186 e. The van der Waals surface area contributed by atoms with Crippen molar-refractivity contribution in [2.24, 2.45) is 0 Å². The average Bonchev–Trinajstić information content (AvgIpc) is 2.18. The van der Waals surface area contributed by atoms with Gasteiger partial charge >= 0.3 is 0 Å². The van der Waals surface area contributed by atoms with Crippen molar-refractivity contribution < 1.29 is 9.53 Å². The van der Waals surface area contributed by atoms with Gasteiger partial charge in [-0.2, -0.15) is 0 Å². The van der Waals surface area contributed by atoms with Crippen LogP contribution < -0.4 is 4.74 Å². The van der Waals surface area contributed by atoms with Crippen LogP contribution in [0.2, 0.25) is 0 Å². The Kier molecular flexibility index (Phi) is 3.53. The Labute approximate surface area is 81.8 Å². The van der Waals surface area contributed by atoms with Gasteiger partial charge in [0.05, 0.1) is 7.11 Å². The fourth-order valence-electron chi connectivity index (χ4n) is 0.909. The Morgan fingerprint density at radius 1 is 1.38 bits per heavy atom. The third-order valence-electron chi connectivity index (χ3n) is 1.59. The molecule has 1 rings (SSSR count).